The van der Waals surface area contributed by atoms with E-state index in [1.54, 1.807) is 11.8 Å². The minimum absolute atomic E-state index is 0.00708. The van der Waals surface area contributed by atoms with Crippen molar-refractivity contribution in [3.63, 3.8) is 0 Å². The lowest BCUT2D eigenvalue weighted by Crippen LogP contribution is -2.46. The number of ketones is 2. The molecule has 1 amide bonds. The quantitative estimate of drug-likeness (QED) is 0.384. The van der Waals surface area contributed by atoms with Crippen LogP contribution < -0.4 is 5.32 Å². The van der Waals surface area contributed by atoms with Crippen LogP contribution in [0.2, 0.25) is 0 Å². The molecule has 0 saturated carbocycles. The molecule has 0 radical (unpaired) electrons. The largest absolute Gasteiger partial charge is 0.385 e. The lowest BCUT2D eigenvalue weighted by atomic mass is 9.99. The highest BCUT2D eigenvalue weighted by Crippen LogP contribution is 2.32. The van der Waals surface area contributed by atoms with E-state index in [0.29, 0.717) is 37.5 Å². The fourth-order valence-electron chi connectivity index (χ4n) is 6.48. The van der Waals surface area contributed by atoms with E-state index in [2.05, 4.69) is 31.3 Å². The molecule has 2 atom stereocenters. The predicted molar refractivity (Wildman–Crippen MR) is 166 cm³/mol. The van der Waals surface area contributed by atoms with E-state index >= 15 is 0 Å². The molecule has 1 N–H and O–H groups in total. The normalized spacial score (nSPS) is 21.8. The lowest BCUT2D eigenvalue weighted by molar-refractivity contribution is -0.140. The first kappa shape index (κ1) is 31.3. The molecule has 1 aromatic carbocycles. The van der Waals surface area contributed by atoms with Crippen LogP contribution in [0.4, 0.5) is 5.69 Å². The summed E-state index contributed by atoms with van der Waals surface area (Å²) >= 11 is 0. The molecule has 2 aromatic rings. The van der Waals surface area contributed by atoms with Crippen LogP contribution in [0.5, 0.6) is 0 Å². The Morgan fingerprint density at radius 2 is 1.71 bits per heavy atom. The van der Waals surface area contributed by atoms with Crippen molar-refractivity contribution in [1.29, 1.82) is 0 Å². The van der Waals surface area contributed by atoms with Crippen molar-refractivity contribution in [3.05, 3.63) is 29.5 Å². The van der Waals surface area contributed by atoms with Crippen LogP contribution >= 0.6 is 0 Å². The van der Waals surface area contributed by atoms with Gasteiger partial charge in [0.1, 0.15) is 12.6 Å². The zero-order valence-corrected chi connectivity index (χ0v) is 25.8. The summed E-state index contributed by atoms with van der Waals surface area (Å²) in [7, 11) is 0. The van der Waals surface area contributed by atoms with Gasteiger partial charge in [0.15, 0.2) is 11.6 Å². The van der Waals surface area contributed by atoms with Crippen LogP contribution in [0.25, 0.3) is 10.9 Å². The molecule has 0 unspecified atom stereocenters. The number of ether oxygens (including phenoxy) is 1. The third-order valence-electron chi connectivity index (χ3n) is 8.71. The molecular weight excluding hydrogens is 514 g/mol. The molecule has 2 aliphatic rings. The number of nitrogens with one attached hydrogen (secondary N) is 1. The zero-order valence-electron chi connectivity index (χ0n) is 25.8. The molecule has 2 bridgehead atoms. The minimum Gasteiger partial charge on any atom is -0.385 e. The number of fused-ring (bicyclic) bond motifs is 2. The number of carbonyl (C=O) groups is 3. The molecule has 2 aliphatic heterocycles. The van der Waals surface area contributed by atoms with Crippen molar-refractivity contribution < 1.29 is 19.1 Å². The maximum absolute atomic E-state index is 13.9. The maximum atomic E-state index is 13.9. The van der Waals surface area contributed by atoms with Gasteiger partial charge in [-0.25, -0.2) is 0 Å². The SMILES string of the molecule is CCC(=O)[C@@H]1[C@H]2CCN1C(=O)Cn1cc(C(C)=O)c3cc(NCC(C)C)cc(c31)CCCCCCCCCCCO2. The van der Waals surface area contributed by atoms with Crippen molar-refractivity contribution in [2.24, 2.45) is 5.92 Å². The Morgan fingerprint density at radius 3 is 2.37 bits per heavy atom. The Hall–Kier alpha value is -2.67. The van der Waals surface area contributed by atoms with Crippen LogP contribution in [0.3, 0.4) is 0 Å². The number of aryl methyl sites for hydroxylation is 1. The average molecular weight is 566 g/mol. The summed E-state index contributed by atoms with van der Waals surface area (Å²) in [4.78, 5) is 41.5. The number of aromatic nitrogens is 1. The van der Waals surface area contributed by atoms with Crippen molar-refractivity contribution >= 4 is 34.1 Å². The summed E-state index contributed by atoms with van der Waals surface area (Å²) < 4.78 is 8.20. The predicted octanol–water partition coefficient (Wildman–Crippen LogP) is 6.94. The lowest BCUT2D eigenvalue weighted by Gasteiger charge is -2.27. The van der Waals surface area contributed by atoms with E-state index in [0.717, 1.165) is 48.8 Å². The topological polar surface area (TPSA) is 80.6 Å². The molecule has 3 heterocycles. The van der Waals surface area contributed by atoms with Crippen LogP contribution in [-0.2, 0) is 27.3 Å². The van der Waals surface area contributed by atoms with E-state index in [1.807, 2.05) is 17.7 Å². The van der Waals surface area contributed by atoms with Gasteiger partial charge in [-0.05, 0) is 56.2 Å². The van der Waals surface area contributed by atoms with Crippen LogP contribution in [-0.4, -0.2) is 58.8 Å². The molecular formula is C34H51N3O4. The van der Waals surface area contributed by atoms with E-state index < -0.39 is 6.04 Å². The molecule has 0 spiro atoms. The summed E-state index contributed by atoms with van der Waals surface area (Å²) in [6.45, 7) is 9.95. The molecule has 226 valence electrons. The van der Waals surface area contributed by atoms with Gasteiger partial charge in [0, 0.05) is 49.0 Å². The number of anilines is 1. The van der Waals surface area contributed by atoms with Crippen LogP contribution in [0, 0.1) is 5.92 Å². The van der Waals surface area contributed by atoms with E-state index in [4.69, 9.17) is 4.74 Å². The average Bonchev–Trinajstić information content (AvgIpc) is 3.53. The van der Waals surface area contributed by atoms with Crippen molar-refractivity contribution in [1.82, 2.24) is 9.47 Å². The summed E-state index contributed by atoms with van der Waals surface area (Å²) in [5.41, 5.74) is 3.81. The Morgan fingerprint density at radius 1 is 1.02 bits per heavy atom. The Balaban J connectivity index is 1.71. The fourth-order valence-corrected chi connectivity index (χ4v) is 6.48. The second-order valence-corrected chi connectivity index (χ2v) is 12.5. The van der Waals surface area contributed by atoms with Gasteiger partial charge < -0.3 is 19.5 Å². The van der Waals surface area contributed by atoms with E-state index in [-0.39, 0.29) is 30.1 Å². The van der Waals surface area contributed by atoms with Gasteiger partial charge >= 0.3 is 0 Å². The summed E-state index contributed by atoms with van der Waals surface area (Å²) in [6, 6.07) is 3.75. The Labute approximate surface area is 246 Å². The molecule has 0 aliphatic carbocycles. The number of nitrogens with zero attached hydrogens (tertiary/aromatic N) is 2. The molecule has 1 fully saturated rings. The van der Waals surface area contributed by atoms with Crippen LogP contribution in [0.15, 0.2) is 18.3 Å². The van der Waals surface area contributed by atoms with Gasteiger partial charge in [-0.1, -0.05) is 65.7 Å². The highest BCUT2D eigenvalue weighted by molar-refractivity contribution is 6.09. The van der Waals surface area contributed by atoms with Gasteiger partial charge in [-0.2, -0.15) is 0 Å². The summed E-state index contributed by atoms with van der Waals surface area (Å²) in [6.07, 6.45) is 14.2. The van der Waals surface area contributed by atoms with Gasteiger partial charge in [-0.3, -0.25) is 14.4 Å². The van der Waals surface area contributed by atoms with Gasteiger partial charge in [0.2, 0.25) is 5.91 Å². The standard InChI is InChI=1S/C34H51N3O4/c1-5-30(39)34-31-16-17-37(34)32(40)23-36-22-29(25(4)38)28-20-27(35-21-24(2)3)19-26(33(28)36)15-13-11-9-7-6-8-10-12-14-18-41-31/h19-20,22,24,31,34-35H,5-18,21,23H2,1-4H3/t31-,34-/m1/s1. The van der Waals surface area contributed by atoms with Crippen LogP contribution in [0.1, 0.15) is 114 Å². The number of carbonyl (C=O) groups excluding carboxylic acids is 3. The molecule has 41 heavy (non-hydrogen) atoms. The van der Waals surface area contributed by atoms with Crippen molar-refractivity contribution in [2.75, 3.05) is 25.0 Å². The summed E-state index contributed by atoms with van der Waals surface area (Å²) in [5.74, 6) is 0.465. The summed E-state index contributed by atoms with van der Waals surface area (Å²) in [5, 5.41) is 4.47. The van der Waals surface area contributed by atoms with E-state index in [9.17, 15) is 14.4 Å². The first-order valence-electron chi connectivity index (χ1n) is 16.1. The number of rotatable bonds is 6. The number of hydrogen-bond acceptors (Lipinski definition) is 5. The first-order valence-corrected chi connectivity index (χ1v) is 16.1. The second-order valence-electron chi connectivity index (χ2n) is 12.5. The monoisotopic (exact) mass is 565 g/mol. The fraction of sp³-hybridized carbons (Fsp3) is 0.676. The highest BCUT2D eigenvalue weighted by atomic mass is 16.5. The molecule has 7 heteroatoms. The van der Waals surface area contributed by atoms with E-state index in [1.165, 1.54) is 44.1 Å². The number of hydrogen-bond donors (Lipinski definition) is 1. The van der Waals surface area contributed by atoms with Crippen molar-refractivity contribution in [3.8, 4) is 0 Å². The van der Waals surface area contributed by atoms with Crippen molar-refractivity contribution in [2.45, 2.75) is 123 Å². The number of Topliss-reactive ketones (excluding diaryl/α,β-unsaturated/α-hetero) is 2. The first-order chi connectivity index (χ1) is 19.8. The second kappa shape index (κ2) is 15.0. The number of benzene rings is 1. The highest BCUT2D eigenvalue weighted by Gasteiger charge is 2.41. The maximum Gasteiger partial charge on any atom is 0.243 e. The van der Waals surface area contributed by atoms with Gasteiger partial charge in [0.25, 0.3) is 0 Å². The Bertz CT molecular complexity index is 1200. The smallest absolute Gasteiger partial charge is 0.243 e. The molecule has 4 rings (SSSR count). The Kier molecular flexibility index (Phi) is 11.4. The zero-order chi connectivity index (χ0) is 29.4. The number of amides is 1. The van der Waals surface area contributed by atoms with Gasteiger partial charge in [-0.15, -0.1) is 0 Å². The minimum atomic E-state index is -0.529. The third-order valence-corrected chi connectivity index (χ3v) is 8.71. The molecule has 7 nitrogen and oxygen atoms in total. The third kappa shape index (κ3) is 8.00. The van der Waals surface area contributed by atoms with Gasteiger partial charge in [0.05, 0.1) is 11.6 Å². The molecule has 1 saturated heterocycles. The molecule has 1 aromatic heterocycles.